The van der Waals surface area contributed by atoms with Crippen LogP contribution in [0.25, 0.3) is 0 Å². The Balaban J connectivity index is 2.11. The van der Waals surface area contributed by atoms with Crippen molar-refractivity contribution in [1.29, 1.82) is 0 Å². The van der Waals surface area contributed by atoms with Gasteiger partial charge in [0.25, 0.3) is 0 Å². The maximum absolute atomic E-state index is 11.2. The minimum atomic E-state index is -0.0920. The van der Waals surface area contributed by atoms with E-state index in [0.29, 0.717) is 18.8 Å². The van der Waals surface area contributed by atoms with Gasteiger partial charge in [-0.3, -0.25) is 14.9 Å². The van der Waals surface area contributed by atoms with Crippen LogP contribution in [0.5, 0.6) is 0 Å². The highest BCUT2D eigenvalue weighted by Crippen LogP contribution is 2.47. The molecule has 0 radical (unpaired) electrons. The highest BCUT2D eigenvalue weighted by Gasteiger charge is 2.43. The van der Waals surface area contributed by atoms with Gasteiger partial charge >= 0.3 is 0 Å². The zero-order chi connectivity index (χ0) is 9.47. The van der Waals surface area contributed by atoms with Gasteiger partial charge in [0.15, 0.2) is 0 Å². The number of amides is 2. The SMILES string of the molecule is CC1(C2CCC2)CC(=O)NC(=O)C1. The Labute approximate surface area is 77.9 Å². The molecule has 2 amide bonds. The normalized spacial score (nSPS) is 28.1. The Kier molecular flexibility index (Phi) is 1.90. The van der Waals surface area contributed by atoms with Gasteiger partial charge in [-0.25, -0.2) is 0 Å². The van der Waals surface area contributed by atoms with Gasteiger partial charge in [-0.05, 0) is 24.2 Å². The van der Waals surface area contributed by atoms with Gasteiger partial charge in [-0.2, -0.15) is 0 Å². The molecular weight excluding hydrogens is 166 g/mol. The first-order valence-electron chi connectivity index (χ1n) is 4.93. The first-order valence-corrected chi connectivity index (χ1v) is 4.93. The number of nitrogens with one attached hydrogen (secondary N) is 1. The third-order valence-corrected chi connectivity index (χ3v) is 3.50. The lowest BCUT2D eigenvalue weighted by Crippen LogP contribution is -2.48. The van der Waals surface area contributed by atoms with Crippen molar-refractivity contribution >= 4 is 11.8 Å². The summed E-state index contributed by atoms with van der Waals surface area (Å²) in [7, 11) is 0. The lowest BCUT2D eigenvalue weighted by atomic mass is 9.62. The fourth-order valence-corrected chi connectivity index (χ4v) is 2.43. The molecule has 1 N–H and O–H groups in total. The average molecular weight is 181 g/mol. The van der Waals surface area contributed by atoms with Gasteiger partial charge in [0.2, 0.25) is 11.8 Å². The van der Waals surface area contributed by atoms with Gasteiger partial charge in [-0.1, -0.05) is 13.3 Å². The van der Waals surface area contributed by atoms with Gasteiger partial charge < -0.3 is 0 Å². The first-order chi connectivity index (χ1) is 6.10. The van der Waals surface area contributed by atoms with Gasteiger partial charge in [0.05, 0.1) is 0 Å². The minimum Gasteiger partial charge on any atom is -0.296 e. The van der Waals surface area contributed by atoms with E-state index >= 15 is 0 Å². The fraction of sp³-hybridized carbons (Fsp3) is 0.800. The Morgan fingerprint density at radius 1 is 1.23 bits per heavy atom. The second-order valence-corrected chi connectivity index (χ2v) is 4.61. The van der Waals surface area contributed by atoms with Gasteiger partial charge in [-0.15, -0.1) is 0 Å². The van der Waals surface area contributed by atoms with Crippen molar-refractivity contribution < 1.29 is 9.59 Å². The van der Waals surface area contributed by atoms with Crippen LogP contribution >= 0.6 is 0 Å². The molecule has 1 aliphatic heterocycles. The second-order valence-electron chi connectivity index (χ2n) is 4.61. The van der Waals surface area contributed by atoms with Crippen LogP contribution in [0.2, 0.25) is 0 Å². The Morgan fingerprint density at radius 3 is 2.15 bits per heavy atom. The Morgan fingerprint density at radius 2 is 1.77 bits per heavy atom. The number of rotatable bonds is 1. The van der Waals surface area contributed by atoms with Crippen molar-refractivity contribution in [3.05, 3.63) is 0 Å². The summed E-state index contributed by atoms with van der Waals surface area (Å²) in [5.74, 6) is 0.416. The molecule has 1 saturated heterocycles. The summed E-state index contributed by atoms with van der Waals surface area (Å²) in [5.41, 5.74) is -0.0440. The lowest BCUT2D eigenvalue weighted by Gasteiger charge is -2.44. The number of piperidine rings is 1. The topological polar surface area (TPSA) is 46.2 Å². The number of carbonyl (C=O) groups excluding carboxylic acids is 2. The average Bonchev–Trinajstić information content (AvgIpc) is 1.75. The number of imide groups is 1. The Hall–Kier alpha value is -0.860. The van der Waals surface area contributed by atoms with Crippen molar-refractivity contribution in [3.63, 3.8) is 0 Å². The zero-order valence-corrected chi connectivity index (χ0v) is 7.93. The van der Waals surface area contributed by atoms with Crippen LogP contribution in [0, 0.1) is 11.3 Å². The summed E-state index contributed by atoms with van der Waals surface area (Å²) in [4.78, 5) is 22.4. The molecule has 0 aromatic rings. The molecule has 1 aliphatic carbocycles. The van der Waals surface area contributed by atoms with E-state index < -0.39 is 0 Å². The predicted molar refractivity (Wildman–Crippen MR) is 47.8 cm³/mol. The quantitative estimate of drug-likeness (QED) is 0.618. The molecular formula is C10H15NO2. The number of carbonyl (C=O) groups is 2. The van der Waals surface area contributed by atoms with Crippen LogP contribution in [-0.2, 0) is 9.59 Å². The molecule has 72 valence electrons. The van der Waals surface area contributed by atoms with Crippen LogP contribution in [0.3, 0.4) is 0 Å². The molecule has 3 heteroatoms. The molecule has 0 bridgehead atoms. The van der Waals surface area contributed by atoms with E-state index in [1.54, 1.807) is 0 Å². The Bertz CT molecular complexity index is 240. The van der Waals surface area contributed by atoms with Crippen molar-refractivity contribution in [1.82, 2.24) is 5.32 Å². The molecule has 2 rings (SSSR count). The molecule has 0 aromatic carbocycles. The molecule has 3 nitrogen and oxygen atoms in total. The monoisotopic (exact) mass is 181 g/mol. The van der Waals surface area contributed by atoms with Crippen LogP contribution in [0.15, 0.2) is 0 Å². The molecule has 13 heavy (non-hydrogen) atoms. The van der Waals surface area contributed by atoms with Gasteiger partial charge in [0.1, 0.15) is 0 Å². The zero-order valence-electron chi connectivity index (χ0n) is 7.93. The van der Waals surface area contributed by atoms with Crippen LogP contribution in [0.1, 0.15) is 39.0 Å². The maximum atomic E-state index is 11.2. The third-order valence-electron chi connectivity index (χ3n) is 3.50. The maximum Gasteiger partial charge on any atom is 0.227 e. The van der Waals surface area contributed by atoms with E-state index in [0.717, 1.165) is 0 Å². The van der Waals surface area contributed by atoms with E-state index in [9.17, 15) is 9.59 Å². The summed E-state index contributed by atoms with van der Waals surface area (Å²) >= 11 is 0. The molecule has 0 spiro atoms. The van der Waals surface area contributed by atoms with E-state index in [1.807, 2.05) is 0 Å². The first kappa shape index (κ1) is 8.73. The van der Waals surface area contributed by atoms with E-state index in [4.69, 9.17) is 0 Å². The minimum absolute atomic E-state index is 0.0440. The third kappa shape index (κ3) is 1.47. The highest BCUT2D eigenvalue weighted by atomic mass is 16.2. The predicted octanol–water partition coefficient (Wildman–Crippen LogP) is 1.23. The van der Waals surface area contributed by atoms with Crippen LogP contribution in [0.4, 0.5) is 0 Å². The van der Waals surface area contributed by atoms with Crippen molar-refractivity contribution in [2.24, 2.45) is 11.3 Å². The van der Waals surface area contributed by atoms with E-state index in [-0.39, 0.29) is 17.2 Å². The van der Waals surface area contributed by atoms with Gasteiger partial charge in [0, 0.05) is 12.8 Å². The summed E-state index contributed by atoms with van der Waals surface area (Å²) in [6, 6.07) is 0. The summed E-state index contributed by atoms with van der Waals surface area (Å²) in [6.07, 6.45) is 4.71. The van der Waals surface area contributed by atoms with E-state index in [1.165, 1.54) is 19.3 Å². The highest BCUT2D eigenvalue weighted by molar-refractivity contribution is 5.98. The van der Waals surface area contributed by atoms with Crippen molar-refractivity contribution in [2.45, 2.75) is 39.0 Å². The number of hydrogen-bond donors (Lipinski definition) is 1. The molecule has 1 heterocycles. The van der Waals surface area contributed by atoms with Crippen LogP contribution < -0.4 is 5.32 Å². The van der Waals surface area contributed by atoms with E-state index in [2.05, 4.69) is 12.2 Å². The summed E-state index contributed by atoms with van der Waals surface area (Å²) in [6.45, 7) is 2.08. The second kappa shape index (κ2) is 2.82. The lowest BCUT2D eigenvalue weighted by molar-refractivity contribution is -0.140. The summed E-state index contributed by atoms with van der Waals surface area (Å²) in [5, 5.41) is 2.36. The molecule has 1 saturated carbocycles. The molecule has 0 unspecified atom stereocenters. The van der Waals surface area contributed by atoms with Crippen molar-refractivity contribution in [3.8, 4) is 0 Å². The molecule has 2 fully saturated rings. The number of hydrogen-bond acceptors (Lipinski definition) is 2. The van der Waals surface area contributed by atoms with Crippen molar-refractivity contribution in [2.75, 3.05) is 0 Å². The van der Waals surface area contributed by atoms with Crippen LogP contribution in [-0.4, -0.2) is 11.8 Å². The molecule has 0 atom stereocenters. The fourth-order valence-electron chi connectivity index (χ4n) is 2.43. The molecule has 0 aromatic heterocycles. The standard InChI is InChI=1S/C10H15NO2/c1-10(7-3-2-4-7)5-8(12)11-9(13)6-10/h7H,2-6H2,1H3,(H,11,12,13). The molecule has 2 aliphatic rings. The smallest absolute Gasteiger partial charge is 0.227 e. The largest absolute Gasteiger partial charge is 0.296 e. The summed E-state index contributed by atoms with van der Waals surface area (Å²) < 4.78 is 0.